The lowest BCUT2D eigenvalue weighted by Crippen LogP contribution is -2.24. The maximum atomic E-state index is 11.9. The van der Waals surface area contributed by atoms with Gasteiger partial charge in [0.25, 0.3) is 0 Å². The zero-order valence-electron chi connectivity index (χ0n) is 12.9. The summed E-state index contributed by atoms with van der Waals surface area (Å²) in [4.78, 5) is 14.3. The maximum absolute atomic E-state index is 11.9. The average molecular weight is 279 g/mol. The molecule has 1 unspecified atom stereocenters. The van der Waals surface area contributed by atoms with Crippen molar-refractivity contribution in [3.63, 3.8) is 0 Å². The largest absolute Gasteiger partial charge is 0.462 e. The van der Waals surface area contributed by atoms with Gasteiger partial charge in [-0.25, -0.2) is 4.79 Å². The Morgan fingerprint density at radius 1 is 1.55 bits per heavy atom. The van der Waals surface area contributed by atoms with Gasteiger partial charge in [0.2, 0.25) is 0 Å². The number of nitrogens with zero attached hydrogens (tertiary/aromatic N) is 3. The first-order chi connectivity index (χ1) is 9.52. The van der Waals surface area contributed by atoms with E-state index in [1.807, 2.05) is 14.0 Å². The number of carbonyl (C=O) groups excluding carboxylic acids is 1. The molecule has 0 N–H and O–H groups in total. The Hall–Kier alpha value is -1.36. The van der Waals surface area contributed by atoms with Crippen LogP contribution in [0.4, 0.5) is 0 Å². The second-order valence-corrected chi connectivity index (χ2v) is 5.88. The second kappa shape index (κ2) is 6.39. The van der Waals surface area contributed by atoms with Crippen LogP contribution in [0.1, 0.15) is 43.2 Å². The number of ether oxygens (including phenoxy) is 1. The summed E-state index contributed by atoms with van der Waals surface area (Å²) in [5, 5.41) is 4.21. The standard InChI is InChI=1S/C15H25N3O2/c1-5-20-15(19)13-8-16-17(4)14(13)10-18-7-6-12(9-18)11(2)3/h8,11-12H,5-7,9-10H2,1-4H3. The highest BCUT2D eigenvalue weighted by Gasteiger charge is 2.27. The van der Waals surface area contributed by atoms with Crippen molar-refractivity contribution in [2.45, 2.75) is 33.7 Å². The normalized spacial score (nSPS) is 19.8. The van der Waals surface area contributed by atoms with Crippen molar-refractivity contribution >= 4 is 5.97 Å². The van der Waals surface area contributed by atoms with Crippen molar-refractivity contribution in [1.29, 1.82) is 0 Å². The van der Waals surface area contributed by atoms with E-state index in [-0.39, 0.29) is 5.97 Å². The first-order valence-corrected chi connectivity index (χ1v) is 7.43. The third-order valence-electron chi connectivity index (χ3n) is 4.18. The fourth-order valence-corrected chi connectivity index (χ4v) is 2.79. The molecule has 5 heteroatoms. The fraction of sp³-hybridized carbons (Fsp3) is 0.733. The molecule has 1 aromatic rings. The Morgan fingerprint density at radius 3 is 2.90 bits per heavy atom. The lowest BCUT2D eigenvalue weighted by Gasteiger charge is -2.18. The van der Waals surface area contributed by atoms with Crippen LogP contribution in [-0.2, 0) is 18.3 Å². The summed E-state index contributed by atoms with van der Waals surface area (Å²) in [5.41, 5.74) is 1.55. The molecule has 1 aliphatic heterocycles. The summed E-state index contributed by atoms with van der Waals surface area (Å²) in [6.45, 7) is 9.74. The lowest BCUT2D eigenvalue weighted by molar-refractivity contribution is 0.0523. The fourth-order valence-electron chi connectivity index (χ4n) is 2.79. The van der Waals surface area contributed by atoms with Gasteiger partial charge in [-0.3, -0.25) is 9.58 Å². The number of hydrogen-bond acceptors (Lipinski definition) is 4. The van der Waals surface area contributed by atoms with Crippen LogP contribution in [0, 0.1) is 11.8 Å². The molecule has 20 heavy (non-hydrogen) atoms. The van der Waals surface area contributed by atoms with E-state index in [1.165, 1.54) is 6.42 Å². The van der Waals surface area contributed by atoms with Gasteiger partial charge >= 0.3 is 5.97 Å². The highest BCUT2D eigenvalue weighted by Crippen LogP contribution is 2.25. The number of carbonyl (C=O) groups is 1. The van der Waals surface area contributed by atoms with Crippen LogP contribution < -0.4 is 0 Å². The van der Waals surface area contributed by atoms with Crippen molar-refractivity contribution in [2.24, 2.45) is 18.9 Å². The maximum Gasteiger partial charge on any atom is 0.341 e. The third kappa shape index (κ3) is 3.20. The molecular weight excluding hydrogens is 254 g/mol. The highest BCUT2D eigenvalue weighted by atomic mass is 16.5. The number of aromatic nitrogens is 2. The average Bonchev–Trinajstić information content (AvgIpc) is 2.99. The molecule has 112 valence electrons. The van der Waals surface area contributed by atoms with Crippen LogP contribution in [0.25, 0.3) is 0 Å². The predicted molar refractivity (Wildman–Crippen MR) is 77.4 cm³/mol. The predicted octanol–water partition coefficient (Wildman–Crippen LogP) is 2.07. The van der Waals surface area contributed by atoms with Gasteiger partial charge in [-0.2, -0.15) is 5.10 Å². The van der Waals surface area contributed by atoms with Crippen molar-refractivity contribution in [3.8, 4) is 0 Å². The van der Waals surface area contributed by atoms with E-state index in [1.54, 1.807) is 10.9 Å². The van der Waals surface area contributed by atoms with Gasteiger partial charge in [-0.05, 0) is 31.7 Å². The molecule has 0 amide bonds. The molecule has 0 radical (unpaired) electrons. The molecule has 1 atom stereocenters. The van der Waals surface area contributed by atoms with Gasteiger partial charge in [0.05, 0.1) is 18.5 Å². The van der Waals surface area contributed by atoms with E-state index < -0.39 is 0 Å². The quantitative estimate of drug-likeness (QED) is 0.774. The molecule has 0 saturated carbocycles. The van der Waals surface area contributed by atoms with E-state index in [9.17, 15) is 4.79 Å². The first-order valence-electron chi connectivity index (χ1n) is 7.43. The number of rotatable bonds is 5. The van der Waals surface area contributed by atoms with Gasteiger partial charge in [-0.1, -0.05) is 13.8 Å². The first kappa shape index (κ1) is 15.0. The van der Waals surface area contributed by atoms with Crippen LogP contribution in [0.2, 0.25) is 0 Å². The van der Waals surface area contributed by atoms with Crippen molar-refractivity contribution < 1.29 is 9.53 Å². The van der Waals surface area contributed by atoms with Gasteiger partial charge < -0.3 is 4.74 Å². The smallest absolute Gasteiger partial charge is 0.341 e. The number of hydrogen-bond donors (Lipinski definition) is 0. The molecule has 0 aromatic carbocycles. The van der Waals surface area contributed by atoms with Crippen LogP contribution in [0.3, 0.4) is 0 Å². The second-order valence-electron chi connectivity index (χ2n) is 5.88. The summed E-state index contributed by atoms with van der Waals surface area (Å²) < 4.78 is 6.88. The molecule has 1 saturated heterocycles. The van der Waals surface area contributed by atoms with Crippen LogP contribution in [-0.4, -0.2) is 40.3 Å². The molecule has 0 aliphatic carbocycles. The summed E-state index contributed by atoms with van der Waals surface area (Å²) in [6, 6.07) is 0. The molecule has 5 nitrogen and oxygen atoms in total. The Bertz CT molecular complexity index is 468. The van der Waals surface area contributed by atoms with Crippen molar-refractivity contribution in [2.75, 3.05) is 19.7 Å². The SMILES string of the molecule is CCOC(=O)c1cnn(C)c1CN1CCC(C(C)C)C1. The van der Waals surface area contributed by atoms with E-state index in [4.69, 9.17) is 4.74 Å². The monoisotopic (exact) mass is 279 g/mol. The summed E-state index contributed by atoms with van der Waals surface area (Å²) in [7, 11) is 1.88. The zero-order chi connectivity index (χ0) is 14.7. The van der Waals surface area contributed by atoms with E-state index in [0.29, 0.717) is 12.2 Å². The Kier molecular flexibility index (Phi) is 4.81. The van der Waals surface area contributed by atoms with Crippen molar-refractivity contribution in [1.82, 2.24) is 14.7 Å². The number of likely N-dealkylation sites (tertiary alicyclic amines) is 1. The van der Waals surface area contributed by atoms with Gasteiger partial charge in [-0.15, -0.1) is 0 Å². The highest BCUT2D eigenvalue weighted by molar-refractivity contribution is 5.90. The van der Waals surface area contributed by atoms with E-state index >= 15 is 0 Å². The molecular formula is C15H25N3O2. The molecule has 0 spiro atoms. The summed E-state index contributed by atoms with van der Waals surface area (Å²) in [5.74, 6) is 1.21. The minimum absolute atomic E-state index is 0.268. The van der Waals surface area contributed by atoms with E-state index in [0.717, 1.165) is 37.2 Å². The third-order valence-corrected chi connectivity index (χ3v) is 4.18. The Labute approximate surface area is 120 Å². The Balaban J connectivity index is 2.06. The topological polar surface area (TPSA) is 47.4 Å². The van der Waals surface area contributed by atoms with Gasteiger partial charge in [0.1, 0.15) is 5.56 Å². The number of aryl methyl sites for hydroxylation is 1. The lowest BCUT2D eigenvalue weighted by atomic mass is 9.95. The zero-order valence-corrected chi connectivity index (χ0v) is 12.9. The molecule has 2 heterocycles. The Morgan fingerprint density at radius 2 is 2.30 bits per heavy atom. The number of esters is 1. The van der Waals surface area contributed by atoms with Crippen molar-refractivity contribution in [3.05, 3.63) is 17.5 Å². The minimum atomic E-state index is -0.268. The molecule has 0 bridgehead atoms. The molecule has 1 aliphatic rings. The van der Waals surface area contributed by atoms with Gasteiger partial charge in [0, 0.05) is 20.1 Å². The molecule has 2 rings (SSSR count). The minimum Gasteiger partial charge on any atom is -0.462 e. The van der Waals surface area contributed by atoms with E-state index in [2.05, 4.69) is 23.8 Å². The molecule has 1 aromatic heterocycles. The van der Waals surface area contributed by atoms with Gasteiger partial charge in [0.15, 0.2) is 0 Å². The molecule has 1 fully saturated rings. The van der Waals surface area contributed by atoms with Crippen LogP contribution in [0.5, 0.6) is 0 Å². The van der Waals surface area contributed by atoms with Crippen LogP contribution in [0.15, 0.2) is 6.20 Å². The van der Waals surface area contributed by atoms with Crippen LogP contribution >= 0.6 is 0 Å². The summed E-state index contributed by atoms with van der Waals surface area (Å²) >= 11 is 0. The summed E-state index contributed by atoms with van der Waals surface area (Å²) in [6.07, 6.45) is 2.85.